The number of ketones is 1. The second kappa shape index (κ2) is 4.98. The van der Waals surface area contributed by atoms with E-state index in [9.17, 15) is 14.4 Å². The summed E-state index contributed by atoms with van der Waals surface area (Å²) in [5, 5.41) is 0.883. The molecule has 22 heavy (non-hydrogen) atoms. The molecule has 0 aliphatic carbocycles. The normalized spacial score (nSPS) is 18.1. The SMILES string of the molecule is CC1(C)OC(=O)C(C(=O)Cc2c[nH]c3ccccc23)C(=O)O1. The number of fused-ring (bicyclic) bond motifs is 1. The second-order valence-electron chi connectivity index (χ2n) is 5.68. The van der Waals surface area contributed by atoms with E-state index in [1.165, 1.54) is 13.8 Å². The number of carbonyl (C=O) groups is 3. The fourth-order valence-electron chi connectivity index (χ4n) is 2.55. The first-order valence-corrected chi connectivity index (χ1v) is 6.91. The molecule has 6 heteroatoms. The molecule has 1 fully saturated rings. The van der Waals surface area contributed by atoms with Crippen molar-refractivity contribution >= 4 is 28.6 Å². The fraction of sp³-hybridized carbons (Fsp3) is 0.312. The van der Waals surface area contributed by atoms with Gasteiger partial charge in [0.25, 0.3) is 5.79 Å². The van der Waals surface area contributed by atoms with Gasteiger partial charge in [0.15, 0.2) is 5.78 Å². The number of hydrogen-bond donors (Lipinski definition) is 1. The van der Waals surface area contributed by atoms with Crippen LogP contribution in [-0.4, -0.2) is 28.5 Å². The summed E-state index contributed by atoms with van der Waals surface area (Å²) >= 11 is 0. The average molecular weight is 301 g/mol. The number of para-hydroxylation sites is 1. The third kappa shape index (κ3) is 2.47. The quantitative estimate of drug-likeness (QED) is 0.689. The highest BCUT2D eigenvalue weighted by Gasteiger charge is 2.46. The van der Waals surface area contributed by atoms with Crippen LogP contribution >= 0.6 is 0 Å². The summed E-state index contributed by atoms with van der Waals surface area (Å²) in [6, 6.07) is 7.49. The molecule has 2 heterocycles. The van der Waals surface area contributed by atoms with E-state index in [-0.39, 0.29) is 6.42 Å². The van der Waals surface area contributed by atoms with Crippen LogP contribution in [0.1, 0.15) is 19.4 Å². The van der Waals surface area contributed by atoms with Crippen LogP contribution in [-0.2, 0) is 30.3 Å². The van der Waals surface area contributed by atoms with E-state index in [1.807, 2.05) is 24.3 Å². The van der Waals surface area contributed by atoms with E-state index in [0.29, 0.717) is 0 Å². The smallest absolute Gasteiger partial charge is 0.331 e. The van der Waals surface area contributed by atoms with Gasteiger partial charge in [-0.2, -0.15) is 0 Å². The molecule has 6 nitrogen and oxygen atoms in total. The van der Waals surface area contributed by atoms with Crippen molar-refractivity contribution < 1.29 is 23.9 Å². The van der Waals surface area contributed by atoms with Gasteiger partial charge in [-0.05, 0) is 11.6 Å². The van der Waals surface area contributed by atoms with Crippen molar-refractivity contribution in [3.8, 4) is 0 Å². The maximum Gasteiger partial charge on any atom is 0.331 e. The van der Waals surface area contributed by atoms with Crippen LogP contribution in [0.4, 0.5) is 0 Å². The minimum atomic E-state index is -1.51. The van der Waals surface area contributed by atoms with Gasteiger partial charge in [-0.25, -0.2) is 0 Å². The number of carbonyl (C=O) groups excluding carboxylic acids is 3. The second-order valence-corrected chi connectivity index (χ2v) is 5.68. The van der Waals surface area contributed by atoms with Crippen LogP contribution in [0, 0.1) is 5.92 Å². The molecule has 1 aromatic heterocycles. The standard InChI is InChI=1S/C16H15NO5/c1-16(2)21-14(19)13(15(20)22-16)12(18)7-9-8-17-11-6-4-3-5-10(9)11/h3-6,8,13,17H,7H2,1-2H3. The maximum absolute atomic E-state index is 12.3. The van der Waals surface area contributed by atoms with Crippen LogP contribution in [0.2, 0.25) is 0 Å². The first-order chi connectivity index (χ1) is 10.4. The number of rotatable bonds is 3. The number of cyclic esters (lactones) is 2. The highest BCUT2D eigenvalue weighted by Crippen LogP contribution is 2.26. The summed E-state index contributed by atoms with van der Waals surface area (Å²) in [6.07, 6.45) is 1.66. The number of hydrogen-bond acceptors (Lipinski definition) is 5. The summed E-state index contributed by atoms with van der Waals surface area (Å²) in [4.78, 5) is 39.2. The van der Waals surface area contributed by atoms with Gasteiger partial charge >= 0.3 is 11.9 Å². The fourth-order valence-corrected chi connectivity index (χ4v) is 2.55. The zero-order valence-corrected chi connectivity index (χ0v) is 12.2. The third-order valence-corrected chi connectivity index (χ3v) is 3.53. The van der Waals surface area contributed by atoms with Gasteiger partial charge in [0.2, 0.25) is 5.92 Å². The minimum absolute atomic E-state index is 0.0424. The predicted molar refractivity (Wildman–Crippen MR) is 76.8 cm³/mol. The molecular weight excluding hydrogens is 286 g/mol. The van der Waals surface area contributed by atoms with Gasteiger partial charge in [0, 0.05) is 37.4 Å². The molecule has 0 radical (unpaired) electrons. The number of H-pyrrole nitrogens is 1. The van der Waals surface area contributed by atoms with Crippen LogP contribution < -0.4 is 0 Å². The summed E-state index contributed by atoms with van der Waals surface area (Å²) in [6.45, 7) is 2.90. The molecule has 1 aliphatic rings. The lowest BCUT2D eigenvalue weighted by Gasteiger charge is -2.32. The molecule has 1 saturated heterocycles. The van der Waals surface area contributed by atoms with E-state index < -0.39 is 29.4 Å². The molecule has 0 atom stereocenters. The molecule has 114 valence electrons. The van der Waals surface area contributed by atoms with E-state index in [1.54, 1.807) is 6.20 Å². The Morgan fingerprint density at radius 3 is 2.50 bits per heavy atom. The number of benzene rings is 1. The van der Waals surface area contributed by atoms with Gasteiger partial charge in [-0.15, -0.1) is 0 Å². The number of nitrogens with one attached hydrogen (secondary N) is 1. The summed E-state index contributed by atoms with van der Waals surface area (Å²) in [7, 11) is 0. The predicted octanol–water partition coefficient (Wildman–Crippen LogP) is 1.73. The lowest BCUT2D eigenvalue weighted by Crippen LogP contribution is -2.49. The van der Waals surface area contributed by atoms with Crippen molar-refractivity contribution in [1.82, 2.24) is 4.98 Å². The van der Waals surface area contributed by atoms with E-state index in [4.69, 9.17) is 9.47 Å². The molecule has 0 saturated carbocycles. The van der Waals surface area contributed by atoms with Crippen molar-refractivity contribution in [1.29, 1.82) is 0 Å². The van der Waals surface area contributed by atoms with E-state index >= 15 is 0 Å². The van der Waals surface area contributed by atoms with Crippen molar-refractivity contribution in [2.24, 2.45) is 5.92 Å². The highest BCUT2D eigenvalue weighted by atomic mass is 16.7. The zero-order chi connectivity index (χ0) is 15.9. The zero-order valence-electron chi connectivity index (χ0n) is 12.2. The third-order valence-electron chi connectivity index (χ3n) is 3.53. The van der Waals surface area contributed by atoms with Crippen LogP contribution in [0.5, 0.6) is 0 Å². The van der Waals surface area contributed by atoms with Gasteiger partial charge < -0.3 is 14.5 Å². The molecule has 0 spiro atoms. The van der Waals surface area contributed by atoms with Crippen molar-refractivity contribution in [2.45, 2.75) is 26.1 Å². The van der Waals surface area contributed by atoms with Gasteiger partial charge in [-0.3, -0.25) is 14.4 Å². The molecule has 0 bridgehead atoms. The Balaban J connectivity index is 1.83. The highest BCUT2D eigenvalue weighted by molar-refractivity contribution is 6.16. The van der Waals surface area contributed by atoms with Crippen LogP contribution in [0.25, 0.3) is 10.9 Å². The van der Waals surface area contributed by atoms with Gasteiger partial charge in [0.1, 0.15) is 0 Å². The molecule has 0 unspecified atom stereocenters. The Morgan fingerprint density at radius 2 is 1.82 bits per heavy atom. The summed E-state index contributed by atoms with van der Waals surface area (Å²) in [5.41, 5.74) is 1.62. The lowest BCUT2D eigenvalue weighted by molar-refractivity contribution is -0.238. The molecule has 1 aliphatic heterocycles. The number of esters is 2. The van der Waals surface area contributed by atoms with E-state index in [2.05, 4.69) is 4.98 Å². The number of Topliss-reactive ketones (excluding diaryl/α,β-unsaturated/α-hetero) is 1. The van der Waals surface area contributed by atoms with Crippen LogP contribution in [0.3, 0.4) is 0 Å². The summed E-state index contributed by atoms with van der Waals surface area (Å²) < 4.78 is 9.95. The van der Waals surface area contributed by atoms with Gasteiger partial charge in [-0.1, -0.05) is 18.2 Å². The van der Waals surface area contributed by atoms with Gasteiger partial charge in [0.05, 0.1) is 0 Å². The topological polar surface area (TPSA) is 85.5 Å². The molecule has 1 aromatic carbocycles. The van der Waals surface area contributed by atoms with Crippen molar-refractivity contribution in [3.63, 3.8) is 0 Å². The Morgan fingerprint density at radius 1 is 1.18 bits per heavy atom. The Hall–Kier alpha value is -2.63. The molecule has 3 rings (SSSR count). The minimum Gasteiger partial charge on any atom is -0.422 e. The Bertz CT molecular complexity index is 754. The Labute approximate surface area is 126 Å². The molecular formula is C16H15NO5. The molecule has 0 amide bonds. The van der Waals surface area contributed by atoms with E-state index in [0.717, 1.165) is 16.5 Å². The number of ether oxygens (including phenoxy) is 2. The molecule has 2 aromatic rings. The van der Waals surface area contributed by atoms with Crippen molar-refractivity contribution in [2.75, 3.05) is 0 Å². The first-order valence-electron chi connectivity index (χ1n) is 6.91. The number of aromatic amines is 1. The Kier molecular flexibility index (Phi) is 3.24. The summed E-state index contributed by atoms with van der Waals surface area (Å²) in [5.74, 6) is -5.08. The van der Waals surface area contributed by atoms with Crippen LogP contribution in [0.15, 0.2) is 30.5 Å². The lowest BCUT2D eigenvalue weighted by atomic mass is 9.96. The monoisotopic (exact) mass is 301 g/mol. The van der Waals surface area contributed by atoms with Crippen molar-refractivity contribution in [3.05, 3.63) is 36.0 Å². The first kappa shape index (κ1) is 14.3. The number of aromatic nitrogens is 1. The largest absolute Gasteiger partial charge is 0.422 e. The maximum atomic E-state index is 12.3. The average Bonchev–Trinajstić information content (AvgIpc) is 2.80. The molecule has 1 N–H and O–H groups in total.